The van der Waals surface area contributed by atoms with Crippen molar-refractivity contribution in [3.05, 3.63) is 34.3 Å². The molecule has 0 aliphatic carbocycles. The van der Waals surface area contributed by atoms with Gasteiger partial charge in [0.25, 0.3) is 0 Å². The van der Waals surface area contributed by atoms with Crippen molar-refractivity contribution in [2.45, 2.75) is 6.92 Å². The molecule has 0 radical (unpaired) electrons. The topological polar surface area (TPSA) is 96.0 Å². The molecule has 7 nitrogen and oxygen atoms in total. The Balaban J connectivity index is 1.75. The summed E-state index contributed by atoms with van der Waals surface area (Å²) < 4.78 is 0. The summed E-state index contributed by atoms with van der Waals surface area (Å²) in [7, 11) is 0. The number of rotatable bonds is 4. The van der Waals surface area contributed by atoms with E-state index in [1.165, 1.54) is 11.3 Å². The monoisotopic (exact) mass is 325 g/mol. The molecule has 1 aromatic carbocycles. The van der Waals surface area contributed by atoms with Crippen LogP contribution in [-0.2, 0) is 4.79 Å². The van der Waals surface area contributed by atoms with E-state index in [9.17, 15) is 9.59 Å². The first-order chi connectivity index (χ1) is 10.0. The number of carbonyl (C=O) groups is 2. The number of hydrogen-bond acceptors (Lipinski definition) is 5. The van der Waals surface area contributed by atoms with E-state index in [-0.39, 0.29) is 12.5 Å². The summed E-state index contributed by atoms with van der Waals surface area (Å²) in [6.45, 7) is 1.62. The van der Waals surface area contributed by atoms with E-state index in [1.54, 1.807) is 31.2 Å². The molecule has 1 heterocycles. The van der Waals surface area contributed by atoms with Gasteiger partial charge in [-0.05, 0) is 31.2 Å². The molecular weight excluding hydrogens is 314 g/mol. The second-order valence-corrected chi connectivity index (χ2v) is 5.61. The van der Waals surface area contributed by atoms with Crippen molar-refractivity contribution in [2.75, 3.05) is 17.2 Å². The summed E-state index contributed by atoms with van der Waals surface area (Å²) in [5.74, 6) is -0.346. The van der Waals surface area contributed by atoms with Crippen molar-refractivity contribution in [1.29, 1.82) is 0 Å². The zero-order valence-electron chi connectivity index (χ0n) is 11.0. The van der Waals surface area contributed by atoms with Gasteiger partial charge in [0.1, 0.15) is 5.01 Å². The predicted octanol–water partition coefficient (Wildman–Crippen LogP) is 2.26. The Hall–Kier alpha value is -2.19. The highest BCUT2D eigenvalue weighted by Crippen LogP contribution is 2.14. The SMILES string of the molecule is Cc1nnc(NC(=O)NCC(=O)Nc2ccc(Cl)cc2)s1. The first kappa shape index (κ1) is 15.2. The third-order valence-electron chi connectivity index (χ3n) is 2.28. The van der Waals surface area contributed by atoms with Crippen LogP contribution in [0.3, 0.4) is 0 Å². The highest BCUT2D eigenvalue weighted by atomic mass is 35.5. The zero-order valence-corrected chi connectivity index (χ0v) is 12.6. The van der Waals surface area contributed by atoms with Gasteiger partial charge in [-0.15, -0.1) is 10.2 Å². The molecule has 0 fully saturated rings. The summed E-state index contributed by atoms with van der Waals surface area (Å²) in [6.07, 6.45) is 0. The number of halogens is 1. The highest BCUT2D eigenvalue weighted by molar-refractivity contribution is 7.15. The largest absolute Gasteiger partial charge is 0.329 e. The predicted molar refractivity (Wildman–Crippen MR) is 81.7 cm³/mol. The summed E-state index contributed by atoms with van der Waals surface area (Å²) >= 11 is 6.99. The summed E-state index contributed by atoms with van der Waals surface area (Å²) in [6, 6.07) is 6.15. The van der Waals surface area contributed by atoms with E-state index < -0.39 is 6.03 Å². The van der Waals surface area contributed by atoms with Gasteiger partial charge in [-0.25, -0.2) is 4.79 Å². The highest BCUT2D eigenvalue weighted by Gasteiger charge is 2.08. The number of amides is 3. The number of nitrogens with one attached hydrogen (secondary N) is 3. The average molecular weight is 326 g/mol. The molecule has 21 heavy (non-hydrogen) atoms. The fraction of sp³-hybridized carbons (Fsp3) is 0.167. The van der Waals surface area contributed by atoms with Crippen molar-refractivity contribution < 1.29 is 9.59 Å². The van der Waals surface area contributed by atoms with Crippen molar-refractivity contribution in [3.8, 4) is 0 Å². The first-order valence-corrected chi connectivity index (χ1v) is 7.13. The van der Waals surface area contributed by atoms with Crippen molar-refractivity contribution in [2.24, 2.45) is 0 Å². The second-order valence-electron chi connectivity index (χ2n) is 3.99. The Morgan fingerprint density at radius 2 is 1.90 bits per heavy atom. The van der Waals surface area contributed by atoms with Crippen molar-refractivity contribution >= 4 is 45.7 Å². The van der Waals surface area contributed by atoms with Crippen molar-refractivity contribution in [1.82, 2.24) is 15.5 Å². The zero-order chi connectivity index (χ0) is 15.2. The van der Waals surface area contributed by atoms with Gasteiger partial charge in [-0.1, -0.05) is 22.9 Å². The Labute approximate surface area is 129 Å². The molecule has 0 aliphatic heterocycles. The van der Waals surface area contributed by atoms with Crippen LogP contribution in [0.2, 0.25) is 5.02 Å². The normalized spacial score (nSPS) is 10.0. The van der Waals surface area contributed by atoms with Crippen LogP contribution in [0.5, 0.6) is 0 Å². The Kier molecular flexibility index (Phi) is 5.07. The summed E-state index contributed by atoms with van der Waals surface area (Å²) in [5.41, 5.74) is 0.603. The van der Waals surface area contributed by atoms with Gasteiger partial charge in [0.05, 0.1) is 6.54 Å². The van der Waals surface area contributed by atoms with Crippen LogP contribution in [0.25, 0.3) is 0 Å². The van der Waals surface area contributed by atoms with Crippen LogP contribution in [0.1, 0.15) is 5.01 Å². The van der Waals surface area contributed by atoms with E-state index in [0.29, 0.717) is 15.8 Å². The molecule has 0 spiro atoms. The molecule has 1 aromatic heterocycles. The van der Waals surface area contributed by atoms with Crippen LogP contribution < -0.4 is 16.0 Å². The molecule has 3 N–H and O–H groups in total. The van der Waals surface area contributed by atoms with Gasteiger partial charge < -0.3 is 10.6 Å². The van der Waals surface area contributed by atoms with E-state index in [2.05, 4.69) is 26.1 Å². The Morgan fingerprint density at radius 3 is 2.52 bits per heavy atom. The molecule has 110 valence electrons. The number of hydrogen-bond donors (Lipinski definition) is 3. The number of aryl methyl sites for hydroxylation is 1. The fourth-order valence-corrected chi connectivity index (χ4v) is 2.10. The maximum absolute atomic E-state index is 11.6. The lowest BCUT2D eigenvalue weighted by Crippen LogP contribution is -2.35. The number of aromatic nitrogens is 2. The van der Waals surface area contributed by atoms with Crippen LogP contribution in [0, 0.1) is 6.92 Å². The van der Waals surface area contributed by atoms with Crippen LogP contribution >= 0.6 is 22.9 Å². The lowest BCUT2D eigenvalue weighted by molar-refractivity contribution is -0.115. The fourth-order valence-electron chi connectivity index (χ4n) is 1.39. The maximum atomic E-state index is 11.6. The minimum Gasteiger partial charge on any atom is -0.329 e. The molecule has 3 amide bonds. The summed E-state index contributed by atoms with van der Waals surface area (Å²) in [4.78, 5) is 23.2. The van der Waals surface area contributed by atoms with E-state index in [1.807, 2.05) is 0 Å². The molecule has 0 atom stereocenters. The second kappa shape index (κ2) is 7.00. The summed E-state index contributed by atoms with van der Waals surface area (Å²) in [5, 5.41) is 16.7. The molecule has 0 bridgehead atoms. The van der Waals surface area contributed by atoms with Gasteiger partial charge in [0, 0.05) is 10.7 Å². The van der Waals surface area contributed by atoms with Gasteiger partial charge in [0.2, 0.25) is 11.0 Å². The van der Waals surface area contributed by atoms with Gasteiger partial charge in [-0.2, -0.15) is 0 Å². The van der Waals surface area contributed by atoms with Crippen LogP contribution in [0.15, 0.2) is 24.3 Å². The molecule has 0 saturated carbocycles. The smallest absolute Gasteiger partial charge is 0.321 e. The van der Waals surface area contributed by atoms with E-state index in [0.717, 1.165) is 5.01 Å². The van der Waals surface area contributed by atoms with Gasteiger partial charge >= 0.3 is 6.03 Å². The quantitative estimate of drug-likeness (QED) is 0.803. The molecule has 0 aliphatic rings. The minimum atomic E-state index is -0.516. The molecule has 2 aromatic rings. The molecular formula is C12H12ClN5O2S. The van der Waals surface area contributed by atoms with Gasteiger partial charge in [-0.3, -0.25) is 10.1 Å². The Bertz CT molecular complexity index is 643. The number of urea groups is 1. The van der Waals surface area contributed by atoms with E-state index in [4.69, 9.17) is 11.6 Å². The maximum Gasteiger partial charge on any atom is 0.321 e. The average Bonchev–Trinajstić information content (AvgIpc) is 2.84. The molecule has 2 rings (SSSR count). The van der Waals surface area contributed by atoms with Gasteiger partial charge in [0.15, 0.2) is 0 Å². The van der Waals surface area contributed by atoms with Crippen LogP contribution in [0.4, 0.5) is 15.6 Å². The molecule has 0 saturated heterocycles. The number of nitrogens with zero attached hydrogens (tertiary/aromatic N) is 2. The van der Waals surface area contributed by atoms with E-state index >= 15 is 0 Å². The molecule has 9 heteroatoms. The number of carbonyl (C=O) groups excluding carboxylic acids is 2. The Morgan fingerprint density at radius 1 is 1.19 bits per heavy atom. The van der Waals surface area contributed by atoms with Crippen LogP contribution in [-0.4, -0.2) is 28.7 Å². The van der Waals surface area contributed by atoms with Crippen molar-refractivity contribution in [3.63, 3.8) is 0 Å². The standard InChI is InChI=1S/C12H12ClN5O2S/c1-7-17-18-12(21-7)16-11(20)14-6-10(19)15-9-4-2-8(13)3-5-9/h2-5H,6H2,1H3,(H,15,19)(H2,14,16,18,20). The third-order valence-corrected chi connectivity index (χ3v) is 3.29. The lowest BCUT2D eigenvalue weighted by atomic mass is 10.3. The number of benzene rings is 1. The minimum absolute atomic E-state index is 0.160. The molecule has 0 unspecified atom stereocenters. The third kappa shape index (κ3) is 5.01. The first-order valence-electron chi connectivity index (χ1n) is 5.93. The lowest BCUT2D eigenvalue weighted by Gasteiger charge is -2.07. The number of anilines is 2.